The van der Waals surface area contributed by atoms with E-state index in [2.05, 4.69) is 0 Å². The van der Waals surface area contributed by atoms with Crippen molar-refractivity contribution in [2.75, 3.05) is 4.90 Å². The van der Waals surface area contributed by atoms with E-state index in [4.69, 9.17) is 9.15 Å². The SMILES string of the molecule is O=C(Oc1cccc(N2C(=O)[C@@H]3[C@H]4CC[C@@H](C4)[C@H]3C2=O)c1)c1ccco1. The van der Waals surface area contributed by atoms with Crippen LogP contribution in [0.25, 0.3) is 0 Å². The van der Waals surface area contributed by atoms with Crippen LogP contribution in [0.2, 0.25) is 0 Å². The lowest BCUT2D eigenvalue weighted by molar-refractivity contribution is -0.123. The summed E-state index contributed by atoms with van der Waals surface area (Å²) >= 11 is 0. The second-order valence-electron chi connectivity index (χ2n) is 7.26. The summed E-state index contributed by atoms with van der Waals surface area (Å²) < 4.78 is 10.3. The van der Waals surface area contributed by atoms with Crippen molar-refractivity contribution in [2.24, 2.45) is 23.7 Å². The van der Waals surface area contributed by atoms with Gasteiger partial charge in [-0.05, 0) is 55.4 Å². The van der Waals surface area contributed by atoms with Crippen molar-refractivity contribution in [1.29, 1.82) is 0 Å². The first kappa shape index (κ1) is 15.4. The number of esters is 1. The van der Waals surface area contributed by atoms with Crippen molar-refractivity contribution < 1.29 is 23.5 Å². The molecule has 6 heteroatoms. The van der Waals surface area contributed by atoms with E-state index in [0.29, 0.717) is 17.5 Å². The molecule has 0 radical (unpaired) electrons. The third-order valence-electron chi connectivity index (χ3n) is 5.94. The molecule has 0 unspecified atom stereocenters. The van der Waals surface area contributed by atoms with Crippen LogP contribution in [0.1, 0.15) is 29.8 Å². The lowest BCUT2D eigenvalue weighted by Crippen LogP contribution is -2.32. The highest BCUT2D eigenvalue weighted by atomic mass is 16.5. The van der Waals surface area contributed by atoms with Crippen molar-refractivity contribution in [1.82, 2.24) is 0 Å². The Morgan fingerprint density at radius 2 is 1.77 bits per heavy atom. The second-order valence-corrected chi connectivity index (χ2v) is 7.26. The molecule has 2 aliphatic carbocycles. The summed E-state index contributed by atoms with van der Waals surface area (Å²) in [7, 11) is 0. The van der Waals surface area contributed by atoms with Crippen molar-refractivity contribution in [3.05, 3.63) is 48.4 Å². The minimum atomic E-state index is -0.624. The van der Waals surface area contributed by atoms with E-state index < -0.39 is 5.97 Å². The number of hydrogen-bond acceptors (Lipinski definition) is 5. The molecule has 2 aromatic rings. The summed E-state index contributed by atoms with van der Waals surface area (Å²) in [6, 6.07) is 9.64. The van der Waals surface area contributed by atoms with E-state index in [1.165, 1.54) is 17.2 Å². The van der Waals surface area contributed by atoms with Gasteiger partial charge in [-0.2, -0.15) is 0 Å². The van der Waals surface area contributed by atoms with Crippen LogP contribution in [-0.4, -0.2) is 17.8 Å². The van der Waals surface area contributed by atoms with Crippen LogP contribution in [0.3, 0.4) is 0 Å². The Bertz CT molecular complexity index is 875. The van der Waals surface area contributed by atoms with Gasteiger partial charge in [0, 0.05) is 6.07 Å². The highest BCUT2D eigenvalue weighted by molar-refractivity contribution is 6.22. The van der Waals surface area contributed by atoms with Crippen LogP contribution in [0, 0.1) is 23.7 Å². The van der Waals surface area contributed by atoms with Crippen molar-refractivity contribution >= 4 is 23.5 Å². The first-order valence-corrected chi connectivity index (χ1v) is 8.87. The number of amides is 2. The molecular weight excluding hydrogens is 334 g/mol. The summed E-state index contributed by atoms with van der Waals surface area (Å²) in [5, 5.41) is 0. The van der Waals surface area contributed by atoms with Crippen molar-refractivity contribution in [3.63, 3.8) is 0 Å². The number of hydrogen-bond donors (Lipinski definition) is 0. The molecule has 2 heterocycles. The van der Waals surface area contributed by atoms with Crippen LogP contribution in [0.4, 0.5) is 5.69 Å². The zero-order valence-electron chi connectivity index (χ0n) is 14.0. The zero-order chi connectivity index (χ0) is 17.8. The maximum atomic E-state index is 12.9. The van der Waals surface area contributed by atoms with Gasteiger partial charge >= 0.3 is 5.97 Å². The van der Waals surface area contributed by atoms with Gasteiger partial charge in [-0.3, -0.25) is 9.59 Å². The first-order valence-electron chi connectivity index (χ1n) is 8.87. The molecule has 1 aromatic carbocycles. The number of ether oxygens (including phenoxy) is 1. The summed E-state index contributed by atoms with van der Waals surface area (Å²) in [5.41, 5.74) is 0.457. The van der Waals surface area contributed by atoms with Gasteiger partial charge < -0.3 is 9.15 Å². The fraction of sp³-hybridized carbons (Fsp3) is 0.350. The van der Waals surface area contributed by atoms with Crippen LogP contribution >= 0.6 is 0 Å². The molecule has 4 atom stereocenters. The van der Waals surface area contributed by atoms with E-state index >= 15 is 0 Å². The maximum absolute atomic E-state index is 12.9. The van der Waals surface area contributed by atoms with Gasteiger partial charge in [-0.15, -0.1) is 0 Å². The predicted octanol–water partition coefficient (Wildman–Crippen LogP) is 3.03. The predicted molar refractivity (Wildman–Crippen MR) is 90.4 cm³/mol. The maximum Gasteiger partial charge on any atom is 0.379 e. The molecule has 2 amide bonds. The number of anilines is 1. The standard InChI is InChI=1S/C20H17NO5/c22-18-16-11-6-7-12(9-11)17(16)19(23)21(18)13-3-1-4-14(10-13)26-20(24)15-5-2-8-25-15/h1-5,8,10-12,16-17H,6-7,9H2/t11-,12-,16+,17+/m0/s1. The molecule has 3 aliphatic rings. The Morgan fingerprint density at radius 3 is 2.42 bits per heavy atom. The van der Waals surface area contributed by atoms with Gasteiger partial charge in [0.25, 0.3) is 0 Å². The minimum Gasteiger partial charge on any atom is -0.457 e. The van der Waals surface area contributed by atoms with Gasteiger partial charge in [0.15, 0.2) is 0 Å². The smallest absolute Gasteiger partial charge is 0.379 e. The number of rotatable bonds is 3. The van der Waals surface area contributed by atoms with E-state index in [1.807, 2.05) is 0 Å². The Kier molecular flexibility index (Phi) is 3.29. The molecule has 6 nitrogen and oxygen atoms in total. The average molecular weight is 351 g/mol. The molecule has 132 valence electrons. The number of fused-ring (bicyclic) bond motifs is 5. The number of benzene rings is 1. The molecule has 2 bridgehead atoms. The summed E-state index contributed by atoms with van der Waals surface area (Å²) in [5.74, 6) is -0.145. The van der Waals surface area contributed by atoms with Crippen molar-refractivity contribution in [2.45, 2.75) is 19.3 Å². The van der Waals surface area contributed by atoms with Crippen LogP contribution in [-0.2, 0) is 9.59 Å². The molecular formula is C20H17NO5. The Morgan fingerprint density at radius 1 is 1.04 bits per heavy atom. The Labute approximate surface area is 149 Å². The van der Waals surface area contributed by atoms with Crippen LogP contribution < -0.4 is 9.64 Å². The largest absolute Gasteiger partial charge is 0.457 e. The molecule has 5 rings (SSSR count). The highest BCUT2D eigenvalue weighted by Gasteiger charge is 2.61. The Hall–Kier alpha value is -2.89. The van der Waals surface area contributed by atoms with Gasteiger partial charge in [0.1, 0.15) is 5.75 Å². The number of furan rings is 1. The first-order chi connectivity index (χ1) is 12.6. The van der Waals surface area contributed by atoms with Crippen LogP contribution in [0.15, 0.2) is 47.1 Å². The number of carbonyl (C=O) groups is 3. The summed E-state index contributed by atoms with van der Waals surface area (Å²) in [6.07, 6.45) is 4.47. The average Bonchev–Trinajstić information content (AvgIpc) is 3.39. The third-order valence-corrected chi connectivity index (χ3v) is 5.94. The summed E-state index contributed by atoms with van der Waals surface area (Å²) in [6.45, 7) is 0. The van der Waals surface area contributed by atoms with Gasteiger partial charge in [0.05, 0.1) is 23.8 Å². The van der Waals surface area contributed by atoms with Gasteiger partial charge in [-0.1, -0.05) is 6.07 Å². The van der Waals surface area contributed by atoms with E-state index in [1.54, 1.807) is 30.3 Å². The molecule has 1 aromatic heterocycles. The number of carbonyl (C=O) groups excluding carboxylic acids is 3. The fourth-order valence-corrected chi connectivity index (χ4v) is 4.90. The van der Waals surface area contributed by atoms with E-state index in [9.17, 15) is 14.4 Å². The second kappa shape index (κ2) is 5.56. The highest BCUT2D eigenvalue weighted by Crippen LogP contribution is 2.56. The molecule has 1 aliphatic heterocycles. The third kappa shape index (κ3) is 2.14. The number of imide groups is 1. The van der Waals surface area contributed by atoms with Crippen LogP contribution in [0.5, 0.6) is 5.75 Å². The fourth-order valence-electron chi connectivity index (χ4n) is 4.90. The van der Waals surface area contributed by atoms with Crippen molar-refractivity contribution in [3.8, 4) is 5.75 Å². The zero-order valence-corrected chi connectivity index (χ0v) is 14.0. The normalized spacial score (nSPS) is 29.3. The molecule has 1 saturated heterocycles. The minimum absolute atomic E-state index is 0.0924. The van der Waals surface area contributed by atoms with E-state index in [0.717, 1.165) is 19.3 Å². The lowest BCUT2D eigenvalue weighted by Gasteiger charge is -2.19. The monoisotopic (exact) mass is 351 g/mol. The lowest BCUT2D eigenvalue weighted by atomic mass is 9.81. The van der Waals surface area contributed by atoms with Gasteiger partial charge in [-0.25, -0.2) is 9.69 Å². The number of nitrogens with zero attached hydrogens (tertiary/aromatic N) is 1. The quantitative estimate of drug-likeness (QED) is 0.483. The molecule has 3 fully saturated rings. The Balaban J connectivity index is 1.42. The topological polar surface area (TPSA) is 76.8 Å². The summed E-state index contributed by atoms with van der Waals surface area (Å²) in [4.78, 5) is 39.1. The molecule has 2 saturated carbocycles. The molecule has 26 heavy (non-hydrogen) atoms. The van der Waals surface area contributed by atoms with Gasteiger partial charge in [0.2, 0.25) is 17.6 Å². The molecule has 0 N–H and O–H groups in total. The molecule has 0 spiro atoms. The van der Waals surface area contributed by atoms with E-state index in [-0.39, 0.29) is 35.2 Å².